The molecule has 0 aliphatic rings. The first-order valence-corrected chi connectivity index (χ1v) is 10.9. The van der Waals surface area contributed by atoms with Crippen LogP contribution in [0.15, 0.2) is 36.4 Å². The zero-order valence-corrected chi connectivity index (χ0v) is 17.9. The van der Waals surface area contributed by atoms with Crippen molar-refractivity contribution in [2.24, 2.45) is 0 Å². The maximum atomic E-state index is 12.5. The molecule has 0 aliphatic carbocycles. The van der Waals surface area contributed by atoms with E-state index in [9.17, 15) is 13.2 Å². The van der Waals surface area contributed by atoms with Gasteiger partial charge in [0.25, 0.3) is 0 Å². The van der Waals surface area contributed by atoms with Crippen LogP contribution < -0.4 is 9.62 Å². The molecule has 2 rings (SSSR count). The van der Waals surface area contributed by atoms with E-state index in [0.29, 0.717) is 5.02 Å². The van der Waals surface area contributed by atoms with Crippen LogP contribution in [0.3, 0.4) is 0 Å². The highest BCUT2D eigenvalue weighted by Gasteiger charge is 2.23. The quantitative estimate of drug-likeness (QED) is 0.747. The molecule has 0 saturated carbocycles. The van der Waals surface area contributed by atoms with Gasteiger partial charge in [-0.15, -0.1) is 0 Å². The molecule has 0 heterocycles. The van der Waals surface area contributed by atoms with E-state index < -0.39 is 15.9 Å². The number of carbonyl (C=O) groups excluding carboxylic acids is 1. The van der Waals surface area contributed by atoms with Crippen molar-refractivity contribution in [1.29, 1.82) is 0 Å². The molecule has 0 fully saturated rings. The molecule has 1 unspecified atom stereocenters. The monoisotopic (exact) mass is 428 g/mol. The first-order valence-electron chi connectivity index (χ1n) is 8.28. The van der Waals surface area contributed by atoms with Crippen molar-refractivity contribution in [3.63, 3.8) is 0 Å². The smallest absolute Gasteiger partial charge is 0.241 e. The number of nitrogens with zero attached hydrogens (tertiary/aromatic N) is 1. The van der Waals surface area contributed by atoms with Crippen LogP contribution in [0.4, 0.5) is 5.69 Å². The SMILES string of the molecule is Cc1ccc(C(C)NC(=O)CN(c2ccc(Cl)c(Cl)c2)S(C)(=O)=O)c(C)c1. The first kappa shape index (κ1) is 21.5. The Hall–Kier alpha value is -1.76. The minimum atomic E-state index is -3.69. The van der Waals surface area contributed by atoms with Gasteiger partial charge in [0.15, 0.2) is 0 Å². The Morgan fingerprint density at radius 2 is 1.78 bits per heavy atom. The second-order valence-corrected chi connectivity index (χ2v) is 9.24. The number of rotatable bonds is 6. The number of aryl methyl sites for hydroxylation is 2. The molecule has 1 atom stereocenters. The largest absolute Gasteiger partial charge is 0.348 e. The molecule has 0 radical (unpaired) electrons. The average Bonchev–Trinajstić information content (AvgIpc) is 2.54. The van der Waals surface area contributed by atoms with Crippen molar-refractivity contribution in [1.82, 2.24) is 5.32 Å². The van der Waals surface area contributed by atoms with Crippen LogP contribution in [-0.2, 0) is 14.8 Å². The summed E-state index contributed by atoms with van der Waals surface area (Å²) in [6.45, 7) is 5.48. The van der Waals surface area contributed by atoms with Crippen LogP contribution in [0, 0.1) is 13.8 Å². The van der Waals surface area contributed by atoms with Crippen LogP contribution >= 0.6 is 23.2 Å². The summed E-state index contributed by atoms with van der Waals surface area (Å²) in [6.07, 6.45) is 1.04. The number of carbonyl (C=O) groups is 1. The van der Waals surface area contributed by atoms with Crippen molar-refractivity contribution >= 4 is 44.8 Å². The van der Waals surface area contributed by atoms with Gasteiger partial charge in [-0.1, -0.05) is 47.0 Å². The lowest BCUT2D eigenvalue weighted by Gasteiger charge is -2.24. The standard InChI is InChI=1S/C19H22Cl2N2O3S/c1-12-5-7-16(13(2)9-12)14(3)22-19(24)11-23(27(4,25)26)15-6-8-17(20)18(21)10-15/h5-10,14H,11H2,1-4H3,(H,22,24). The molecule has 146 valence electrons. The fraction of sp³-hybridized carbons (Fsp3) is 0.316. The van der Waals surface area contributed by atoms with Gasteiger partial charge < -0.3 is 5.32 Å². The second-order valence-electron chi connectivity index (χ2n) is 6.52. The van der Waals surface area contributed by atoms with E-state index in [1.54, 1.807) is 0 Å². The lowest BCUT2D eigenvalue weighted by Crippen LogP contribution is -2.41. The minimum Gasteiger partial charge on any atom is -0.348 e. The Kier molecular flexibility index (Phi) is 6.78. The third-order valence-corrected chi connectivity index (χ3v) is 6.03. The van der Waals surface area contributed by atoms with Crippen molar-refractivity contribution in [3.8, 4) is 0 Å². The summed E-state index contributed by atoms with van der Waals surface area (Å²) in [5.41, 5.74) is 3.46. The van der Waals surface area contributed by atoms with E-state index in [-0.39, 0.29) is 23.3 Å². The minimum absolute atomic E-state index is 0.215. The predicted molar refractivity (Wildman–Crippen MR) is 111 cm³/mol. The Labute approximate surface area is 170 Å². The number of benzene rings is 2. The zero-order chi connectivity index (χ0) is 20.4. The van der Waals surface area contributed by atoms with Crippen LogP contribution in [0.5, 0.6) is 0 Å². The Morgan fingerprint density at radius 1 is 1.11 bits per heavy atom. The molecule has 1 amide bonds. The van der Waals surface area contributed by atoms with Gasteiger partial charge in [-0.05, 0) is 50.1 Å². The van der Waals surface area contributed by atoms with Gasteiger partial charge in [0.2, 0.25) is 15.9 Å². The molecule has 1 N–H and O–H groups in total. The van der Waals surface area contributed by atoms with Crippen LogP contribution in [-0.4, -0.2) is 27.1 Å². The summed E-state index contributed by atoms with van der Waals surface area (Å²) >= 11 is 11.9. The van der Waals surface area contributed by atoms with Crippen molar-refractivity contribution < 1.29 is 13.2 Å². The molecule has 0 saturated heterocycles. The summed E-state index contributed by atoms with van der Waals surface area (Å²) in [4.78, 5) is 12.5. The van der Waals surface area contributed by atoms with E-state index in [1.807, 2.05) is 39.0 Å². The van der Waals surface area contributed by atoms with E-state index in [2.05, 4.69) is 5.32 Å². The van der Waals surface area contributed by atoms with E-state index in [4.69, 9.17) is 23.2 Å². The summed E-state index contributed by atoms with van der Waals surface area (Å²) in [5.74, 6) is -0.418. The number of nitrogens with one attached hydrogen (secondary N) is 1. The Morgan fingerprint density at radius 3 is 2.33 bits per heavy atom. The fourth-order valence-electron chi connectivity index (χ4n) is 2.85. The van der Waals surface area contributed by atoms with Crippen LogP contribution in [0.25, 0.3) is 0 Å². The molecule has 8 heteroatoms. The Bertz CT molecular complexity index is 961. The summed E-state index contributed by atoms with van der Waals surface area (Å²) in [6, 6.07) is 10.1. The number of hydrogen-bond donors (Lipinski definition) is 1. The van der Waals surface area contributed by atoms with Crippen LogP contribution in [0.1, 0.15) is 29.7 Å². The molecule has 0 aliphatic heterocycles. The normalized spacial score (nSPS) is 12.5. The van der Waals surface area contributed by atoms with Gasteiger partial charge in [0.05, 0.1) is 28.0 Å². The van der Waals surface area contributed by atoms with Gasteiger partial charge >= 0.3 is 0 Å². The highest BCUT2D eigenvalue weighted by atomic mass is 35.5. The summed E-state index contributed by atoms with van der Waals surface area (Å²) in [5, 5.41) is 3.37. The third kappa shape index (κ3) is 5.61. The van der Waals surface area contributed by atoms with E-state index >= 15 is 0 Å². The van der Waals surface area contributed by atoms with Crippen LogP contribution in [0.2, 0.25) is 10.0 Å². The van der Waals surface area contributed by atoms with Crippen molar-refractivity contribution in [3.05, 3.63) is 63.1 Å². The molecule has 27 heavy (non-hydrogen) atoms. The first-order chi connectivity index (χ1) is 12.5. The third-order valence-electron chi connectivity index (χ3n) is 4.15. The lowest BCUT2D eigenvalue weighted by molar-refractivity contribution is -0.120. The maximum absolute atomic E-state index is 12.5. The highest BCUT2D eigenvalue weighted by molar-refractivity contribution is 7.92. The summed E-state index contributed by atoms with van der Waals surface area (Å²) < 4.78 is 25.4. The average molecular weight is 429 g/mol. The van der Waals surface area contributed by atoms with E-state index in [1.165, 1.54) is 18.2 Å². The topological polar surface area (TPSA) is 66.5 Å². The van der Waals surface area contributed by atoms with E-state index in [0.717, 1.165) is 27.3 Å². The molecular weight excluding hydrogens is 407 g/mol. The number of halogens is 2. The van der Waals surface area contributed by atoms with Gasteiger partial charge in [-0.2, -0.15) is 0 Å². The zero-order valence-electron chi connectivity index (χ0n) is 15.6. The highest BCUT2D eigenvalue weighted by Crippen LogP contribution is 2.28. The predicted octanol–water partition coefficient (Wildman–Crippen LogP) is 4.25. The molecule has 0 aromatic heterocycles. The molecule has 0 bridgehead atoms. The fourth-order valence-corrected chi connectivity index (χ4v) is 3.99. The van der Waals surface area contributed by atoms with Crippen molar-refractivity contribution in [2.45, 2.75) is 26.8 Å². The van der Waals surface area contributed by atoms with Crippen molar-refractivity contribution in [2.75, 3.05) is 17.1 Å². The maximum Gasteiger partial charge on any atom is 0.241 e. The van der Waals surface area contributed by atoms with Gasteiger partial charge in [0, 0.05) is 0 Å². The summed E-state index contributed by atoms with van der Waals surface area (Å²) in [7, 11) is -3.69. The molecule has 2 aromatic carbocycles. The number of anilines is 1. The molecule has 0 spiro atoms. The number of hydrogen-bond acceptors (Lipinski definition) is 3. The molecule has 5 nitrogen and oxygen atoms in total. The number of sulfonamides is 1. The van der Waals surface area contributed by atoms with Gasteiger partial charge in [0.1, 0.15) is 6.54 Å². The Balaban J connectivity index is 2.20. The number of amides is 1. The molecular formula is C19H22Cl2N2O3S. The lowest BCUT2D eigenvalue weighted by atomic mass is 10.0. The van der Waals surface area contributed by atoms with Gasteiger partial charge in [-0.3, -0.25) is 9.10 Å². The van der Waals surface area contributed by atoms with Gasteiger partial charge in [-0.25, -0.2) is 8.42 Å². The second kappa shape index (κ2) is 8.50. The molecule has 2 aromatic rings.